The standard InChI is InChI=1S/C16H17N5/c1-3-14-10-13(12-8-6-5-7-9-12)11-15(4-2)21(14)16-17-19-20-18-16/h5-11H,3-4H2,1-2H3. The summed E-state index contributed by atoms with van der Waals surface area (Å²) >= 11 is 0. The molecule has 0 bridgehead atoms. The number of rotatable bonds is 4. The van der Waals surface area contributed by atoms with E-state index in [-0.39, 0.29) is 0 Å². The molecule has 0 saturated carbocycles. The molecule has 3 aromatic rings. The fraction of sp³-hybridized carbons (Fsp3) is 0.250. The molecule has 0 N–H and O–H groups in total. The first-order chi connectivity index (χ1) is 10.3. The van der Waals surface area contributed by atoms with Crippen LogP contribution >= 0.6 is 0 Å². The summed E-state index contributed by atoms with van der Waals surface area (Å²) in [5.74, 6) is 0.545. The summed E-state index contributed by atoms with van der Waals surface area (Å²) < 4.78 is 2.05. The number of aromatic nitrogens is 5. The molecule has 1 aromatic carbocycles. The lowest BCUT2D eigenvalue weighted by molar-refractivity contribution is -0.620. The van der Waals surface area contributed by atoms with E-state index < -0.39 is 0 Å². The van der Waals surface area contributed by atoms with Crippen LogP contribution < -0.4 is 9.67 Å². The third-order valence-corrected chi connectivity index (χ3v) is 3.56. The van der Waals surface area contributed by atoms with Gasteiger partial charge < -0.3 is 0 Å². The zero-order valence-corrected chi connectivity index (χ0v) is 12.2. The van der Waals surface area contributed by atoms with Crippen LogP contribution in [0.5, 0.6) is 0 Å². The maximum absolute atomic E-state index is 4.00. The van der Waals surface area contributed by atoms with Gasteiger partial charge in [-0.2, -0.15) is 0 Å². The Balaban J connectivity index is 2.20. The molecule has 0 aliphatic rings. The molecular weight excluding hydrogens is 262 g/mol. The van der Waals surface area contributed by atoms with Crippen LogP contribution in [0.3, 0.4) is 0 Å². The quantitative estimate of drug-likeness (QED) is 0.684. The number of tetrazole rings is 1. The predicted molar refractivity (Wildman–Crippen MR) is 78.9 cm³/mol. The highest BCUT2D eigenvalue weighted by molar-refractivity contribution is 5.63. The van der Waals surface area contributed by atoms with Crippen LogP contribution in [0.25, 0.3) is 17.1 Å². The summed E-state index contributed by atoms with van der Waals surface area (Å²) in [6.07, 6.45) is 1.78. The lowest BCUT2D eigenvalue weighted by atomic mass is 10.0. The van der Waals surface area contributed by atoms with Crippen LogP contribution in [0.15, 0.2) is 42.5 Å². The molecule has 106 valence electrons. The van der Waals surface area contributed by atoms with Gasteiger partial charge in [-0.3, -0.25) is 4.57 Å². The molecule has 0 amide bonds. The minimum Gasteiger partial charge on any atom is -0.284 e. The van der Waals surface area contributed by atoms with Gasteiger partial charge in [-0.1, -0.05) is 54.4 Å². The van der Waals surface area contributed by atoms with Crippen LogP contribution in [0.1, 0.15) is 25.2 Å². The lowest BCUT2D eigenvalue weighted by Crippen LogP contribution is -2.41. The lowest BCUT2D eigenvalue weighted by Gasteiger charge is -2.16. The van der Waals surface area contributed by atoms with Crippen LogP contribution in [0, 0.1) is 0 Å². The Bertz CT molecular complexity index is 695. The molecular formula is C16H17N5. The van der Waals surface area contributed by atoms with Crippen LogP contribution in [0.4, 0.5) is 0 Å². The Morgan fingerprint density at radius 3 is 2.14 bits per heavy atom. The van der Waals surface area contributed by atoms with Gasteiger partial charge in [0.2, 0.25) is 0 Å². The smallest absolute Gasteiger partial charge is 0.276 e. The molecule has 0 aliphatic heterocycles. The van der Waals surface area contributed by atoms with Gasteiger partial charge >= 0.3 is 0 Å². The van der Waals surface area contributed by atoms with Crippen LogP contribution in [-0.2, 0) is 12.8 Å². The zero-order chi connectivity index (χ0) is 14.7. The van der Waals surface area contributed by atoms with Crippen molar-refractivity contribution in [3.05, 3.63) is 53.9 Å². The second-order valence-corrected chi connectivity index (χ2v) is 4.81. The molecule has 5 heteroatoms. The topological polar surface area (TPSA) is 56.6 Å². The Labute approximate surface area is 123 Å². The van der Waals surface area contributed by atoms with Crippen molar-refractivity contribution in [2.75, 3.05) is 0 Å². The highest BCUT2D eigenvalue weighted by Gasteiger charge is 2.12. The van der Waals surface area contributed by atoms with Gasteiger partial charge in [0.25, 0.3) is 5.95 Å². The van der Waals surface area contributed by atoms with Gasteiger partial charge in [0.15, 0.2) is 0 Å². The molecule has 5 nitrogen and oxygen atoms in total. The van der Waals surface area contributed by atoms with Gasteiger partial charge in [-0.25, -0.2) is 0 Å². The summed E-state index contributed by atoms with van der Waals surface area (Å²) in [4.78, 5) is 0. The van der Waals surface area contributed by atoms with E-state index in [4.69, 9.17) is 0 Å². The fourth-order valence-electron chi connectivity index (χ4n) is 2.52. The van der Waals surface area contributed by atoms with Crippen molar-refractivity contribution in [2.24, 2.45) is 0 Å². The number of hydrogen-bond acceptors (Lipinski definition) is 3. The summed E-state index contributed by atoms with van der Waals surface area (Å²) in [6.45, 7) is 4.26. The maximum atomic E-state index is 4.00. The summed E-state index contributed by atoms with van der Waals surface area (Å²) in [7, 11) is 0. The van der Waals surface area contributed by atoms with E-state index in [1.807, 2.05) is 10.6 Å². The molecule has 0 fully saturated rings. The predicted octanol–water partition coefficient (Wildman–Crippen LogP) is 1.90. The van der Waals surface area contributed by atoms with Crippen molar-refractivity contribution in [2.45, 2.75) is 26.7 Å². The third kappa shape index (κ3) is 2.54. The number of nitrogens with zero attached hydrogens (tertiary/aromatic N) is 5. The highest BCUT2D eigenvalue weighted by Crippen LogP contribution is 2.21. The maximum Gasteiger partial charge on any atom is 0.276 e. The molecule has 2 aromatic heterocycles. The highest BCUT2D eigenvalue weighted by atomic mass is 15.5. The van der Waals surface area contributed by atoms with Gasteiger partial charge in [-0.05, 0) is 46.5 Å². The van der Waals surface area contributed by atoms with Gasteiger partial charge in [0, 0.05) is 11.4 Å². The second kappa shape index (κ2) is 5.83. The van der Waals surface area contributed by atoms with Crippen molar-refractivity contribution in [1.29, 1.82) is 0 Å². The van der Waals surface area contributed by atoms with E-state index in [0.29, 0.717) is 5.95 Å². The summed E-state index contributed by atoms with van der Waals surface area (Å²) in [5, 5.41) is 15.2. The van der Waals surface area contributed by atoms with Crippen molar-refractivity contribution < 1.29 is 4.57 Å². The minimum absolute atomic E-state index is 0.545. The van der Waals surface area contributed by atoms with E-state index in [1.54, 1.807) is 0 Å². The van der Waals surface area contributed by atoms with Gasteiger partial charge in [0.1, 0.15) is 0 Å². The Hall–Kier alpha value is -2.56. The normalized spacial score (nSPS) is 10.8. The average molecular weight is 279 g/mol. The number of pyridine rings is 1. The molecule has 0 aliphatic carbocycles. The molecule has 2 heterocycles. The number of benzene rings is 1. The van der Waals surface area contributed by atoms with E-state index in [2.05, 4.69) is 70.9 Å². The summed E-state index contributed by atoms with van der Waals surface area (Å²) in [6, 6.07) is 14.8. The molecule has 0 unspecified atom stereocenters. The van der Waals surface area contributed by atoms with Crippen molar-refractivity contribution >= 4 is 0 Å². The first-order valence-electron chi connectivity index (χ1n) is 7.15. The minimum atomic E-state index is 0.545. The molecule has 0 radical (unpaired) electrons. The summed E-state index contributed by atoms with van der Waals surface area (Å²) in [5.41, 5.74) is 4.74. The Kier molecular flexibility index (Phi) is 3.73. The Morgan fingerprint density at radius 2 is 1.62 bits per heavy atom. The number of aryl methyl sites for hydroxylation is 2. The average Bonchev–Trinajstić information content (AvgIpc) is 3.08. The SMILES string of the molecule is CCc1cc(-c2ccccc2)cc(CC)[n+]1-c1nnn[n-]1. The number of hydrogen-bond donors (Lipinski definition) is 0. The second-order valence-electron chi connectivity index (χ2n) is 4.81. The van der Waals surface area contributed by atoms with Crippen LogP contribution in [-0.4, -0.2) is 15.5 Å². The van der Waals surface area contributed by atoms with Crippen molar-refractivity contribution in [3.63, 3.8) is 0 Å². The molecule has 3 rings (SSSR count). The molecule has 0 spiro atoms. The first kappa shape index (κ1) is 13.4. The zero-order valence-electron chi connectivity index (χ0n) is 12.2. The van der Waals surface area contributed by atoms with Gasteiger partial charge in [0.05, 0.1) is 0 Å². The van der Waals surface area contributed by atoms with E-state index in [1.165, 1.54) is 11.1 Å². The van der Waals surface area contributed by atoms with E-state index in [9.17, 15) is 0 Å². The van der Waals surface area contributed by atoms with Crippen LogP contribution in [0.2, 0.25) is 0 Å². The fourth-order valence-corrected chi connectivity index (χ4v) is 2.52. The monoisotopic (exact) mass is 279 g/mol. The van der Waals surface area contributed by atoms with E-state index >= 15 is 0 Å². The van der Waals surface area contributed by atoms with Crippen molar-refractivity contribution in [3.8, 4) is 17.1 Å². The molecule has 21 heavy (non-hydrogen) atoms. The Morgan fingerprint density at radius 1 is 0.952 bits per heavy atom. The molecule has 0 saturated heterocycles. The third-order valence-electron chi connectivity index (χ3n) is 3.56. The first-order valence-corrected chi connectivity index (χ1v) is 7.15. The van der Waals surface area contributed by atoms with E-state index in [0.717, 1.165) is 24.2 Å². The van der Waals surface area contributed by atoms with Crippen molar-refractivity contribution in [1.82, 2.24) is 20.6 Å². The van der Waals surface area contributed by atoms with Gasteiger partial charge in [-0.15, -0.1) is 0 Å². The largest absolute Gasteiger partial charge is 0.284 e. The molecule has 0 atom stereocenters.